The Morgan fingerprint density at radius 3 is 2.71 bits per heavy atom. The highest BCUT2D eigenvalue weighted by atomic mass is 35.5. The number of nitrogens with zero attached hydrogens (tertiary/aromatic N) is 1. The van der Waals surface area contributed by atoms with Gasteiger partial charge < -0.3 is 15.4 Å². The van der Waals surface area contributed by atoms with Crippen LogP contribution < -0.4 is 15.4 Å². The molecule has 0 aliphatic heterocycles. The Bertz CT molecular complexity index is 355. The quantitative estimate of drug-likeness (QED) is 0.851. The first kappa shape index (κ1) is 14.1. The lowest BCUT2D eigenvalue weighted by atomic mass is 10.2. The molecule has 1 aromatic carbocycles. The number of benzene rings is 1. The van der Waals surface area contributed by atoms with Crippen LogP contribution in [0.1, 0.15) is 20.3 Å². The van der Waals surface area contributed by atoms with E-state index in [0.29, 0.717) is 11.6 Å². The lowest BCUT2D eigenvalue weighted by molar-refractivity contribution is 0.340. The van der Waals surface area contributed by atoms with Gasteiger partial charge in [-0.25, -0.2) is 0 Å². The Morgan fingerprint density at radius 2 is 2.18 bits per heavy atom. The van der Waals surface area contributed by atoms with Crippen LogP contribution in [-0.4, -0.2) is 26.2 Å². The van der Waals surface area contributed by atoms with E-state index < -0.39 is 0 Å². The predicted molar refractivity (Wildman–Crippen MR) is 74.2 cm³/mol. The van der Waals surface area contributed by atoms with Crippen molar-refractivity contribution in [1.29, 1.82) is 0 Å². The van der Waals surface area contributed by atoms with Gasteiger partial charge in [0.1, 0.15) is 5.75 Å². The molecule has 0 amide bonds. The lowest BCUT2D eigenvalue weighted by Gasteiger charge is -2.21. The van der Waals surface area contributed by atoms with Gasteiger partial charge in [-0.3, -0.25) is 0 Å². The Kier molecular flexibility index (Phi) is 5.59. The second-order valence-corrected chi connectivity index (χ2v) is 4.64. The second kappa shape index (κ2) is 6.72. The van der Waals surface area contributed by atoms with Crippen LogP contribution in [0.25, 0.3) is 0 Å². The van der Waals surface area contributed by atoms with Crippen LogP contribution in [0.4, 0.5) is 5.69 Å². The fourth-order valence-electron chi connectivity index (χ4n) is 1.53. The average molecular weight is 257 g/mol. The predicted octanol–water partition coefficient (Wildman–Crippen LogP) is 2.91. The summed E-state index contributed by atoms with van der Waals surface area (Å²) in [5.74, 6) is 0.735. The van der Waals surface area contributed by atoms with Crippen LogP contribution in [0, 0.1) is 0 Å². The van der Waals surface area contributed by atoms with Gasteiger partial charge >= 0.3 is 0 Å². The van der Waals surface area contributed by atoms with Gasteiger partial charge in [0.05, 0.1) is 11.6 Å². The fourth-order valence-corrected chi connectivity index (χ4v) is 1.76. The van der Waals surface area contributed by atoms with E-state index in [2.05, 4.69) is 4.90 Å². The highest BCUT2D eigenvalue weighted by molar-refractivity contribution is 6.32. The second-order valence-electron chi connectivity index (χ2n) is 4.24. The summed E-state index contributed by atoms with van der Waals surface area (Å²) in [6, 6.07) is 6.06. The molecule has 0 heterocycles. The van der Waals surface area contributed by atoms with E-state index in [4.69, 9.17) is 22.1 Å². The third-order valence-corrected chi connectivity index (χ3v) is 2.87. The Morgan fingerprint density at radius 1 is 1.47 bits per heavy atom. The highest BCUT2D eigenvalue weighted by Gasteiger charge is 2.06. The van der Waals surface area contributed by atoms with Crippen molar-refractivity contribution in [1.82, 2.24) is 0 Å². The van der Waals surface area contributed by atoms with Crippen molar-refractivity contribution >= 4 is 17.3 Å². The van der Waals surface area contributed by atoms with E-state index in [1.165, 1.54) is 0 Å². The van der Waals surface area contributed by atoms with E-state index in [0.717, 1.165) is 24.4 Å². The summed E-state index contributed by atoms with van der Waals surface area (Å²) in [6.07, 6.45) is 0.960. The minimum absolute atomic E-state index is 0.218. The van der Waals surface area contributed by atoms with Gasteiger partial charge in [0.15, 0.2) is 0 Å². The zero-order valence-corrected chi connectivity index (χ0v) is 11.5. The normalized spacial score (nSPS) is 12.3. The standard InChI is InChI=1S/C13H21ClN2O/c1-4-17-13-6-5-11(9-12(13)14)16(3)8-7-10(2)15/h5-6,9-10H,4,7-8,15H2,1-3H3. The van der Waals surface area contributed by atoms with Gasteiger partial charge in [-0.2, -0.15) is 0 Å². The summed E-state index contributed by atoms with van der Waals surface area (Å²) in [4.78, 5) is 2.14. The molecule has 1 unspecified atom stereocenters. The van der Waals surface area contributed by atoms with Gasteiger partial charge in [0, 0.05) is 25.3 Å². The molecule has 0 saturated carbocycles. The molecule has 3 nitrogen and oxygen atoms in total. The first-order valence-corrected chi connectivity index (χ1v) is 6.31. The number of anilines is 1. The Balaban J connectivity index is 2.68. The summed E-state index contributed by atoms with van der Waals surface area (Å²) in [7, 11) is 2.04. The molecule has 96 valence electrons. The van der Waals surface area contributed by atoms with Crippen LogP contribution in [-0.2, 0) is 0 Å². The molecule has 0 aromatic heterocycles. The maximum Gasteiger partial charge on any atom is 0.138 e. The zero-order chi connectivity index (χ0) is 12.8. The van der Waals surface area contributed by atoms with Crippen molar-refractivity contribution in [2.45, 2.75) is 26.3 Å². The Hall–Kier alpha value is -0.930. The largest absolute Gasteiger partial charge is 0.492 e. The van der Waals surface area contributed by atoms with Crippen molar-refractivity contribution in [2.24, 2.45) is 5.73 Å². The molecular formula is C13H21ClN2O. The molecule has 1 atom stereocenters. The van der Waals surface area contributed by atoms with Crippen LogP contribution in [0.15, 0.2) is 18.2 Å². The van der Waals surface area contributed by atoms with E-state index in [1.54, 1.807) is 0 Å². The van der Waals surface area contributed by atoms with Crippen molar-refractivity contribution in [3.63, 3.8) is 0 Å². The first-order valence-electron chi connectivity index (χ1n) is 5.93. The Labute approximate surface area is 109 Å². The molecule has 4 heteroatoms. The summed E-state index contributed by atoms with van der Waals surface area (Å²) in [5.41, 5.74) is 6.82. The fraction of sp³-hybridized carbons (Fsp3) is 0.538. The third kappa shape index (κ3) is 4.44. The van der Waals surface area contributed by atoms with E-state index in [9.17, 15) is 0 Å². The van der Waals surface area contributed by atoms with Crippen LogP contribution in [0.2, 0.25) is 5.02 Å². The summed E-state index contributed by atoms with van der Waals surface area (Å²) in [6.45, 7) is 5.50. The maximum atomic E-state index is 6.14. The monoisotopic (exact) mass is 256 g/mol. The number of hydrogen-bond donors (Lipinski definition) is 1. The van der Waals surface area contributed by atoms with E-state index in [1.807, 2.05) is 39.1 Å². The smallest absolute Gasteiger partial charge is 0.138 e. The molecule has 1 rings (SSSR count). The number of ether oxygens (including phenoxy) is 1. The van der Waals surface area contributed by atoms with Gasteiger partial charge in [-0.15, -0.1) is 0 Å². The number of halogens is 1. The molecule has 0 aliphatic carbocycles. The zero-order valence-electron chi connectivity index (χ0n) is 10.7. The summed E-state index contributed by atoms with van der Waals surface area (Å²) in [5, 5.41) is 0.650. The van der Waals surface area contributed by atoms with Crippen molar-refractivity contribution in [2.75, 3.05) is 25.1 Å². The SMILES string of the molecule is CCOc1ccc(N(C)CCC(C)N)cc1Cl. The van der Waals surface area contributed by atoms with Crippen molar-refractivity contribution < 1.29 is 4.74 Å². The molecule has 0 aliphatic rings. The van der Waals surface area contributed by atoms with Gasteiger partial charge in [-0.05, 0) is 38.5 Å². The van der Waals surface area contributed by atoms with Crippen molar-refractivity contribution in [3.05, 3.63) is 23.2 Å². The minimum Gasteiger partial charge on any atom is -0.492 e. The molecule has 2 N–H and O–H groups in total. The molecular weight excluding hydrogens is 236 g/mol. The first-order chi connectivity index (χ1) is 8.04. The minimum atomic E-state index is 0.218. The molecule has 0 saturated heterocycles. The van der Waals surface area contributed by atoms with Gasteiger partial charge in [-0.1, -0.05) is 11.6 Å². The van der Waals surface area contributed by atoms with Crippen molar-refractivity contribution in [3.8, 4) is 5.75 Å². The molecule has 0 bridgehead atoms. The third-order valence-electron chi connectivity index (χ3n) is 2.58. The lowest BCUT2D eigenvalue weighted by Crippen LogP contribution is -2.25. The van der Waals surface area contributed by atoms with E-state index in [-0.39, 0.29) is 6.04 Å². The number of hydrogen-bond acceptors (Lipinski definition) is 3. The molecule has 0 spiro atoms. The molecule has 1 aromatic rings. The maximum absolute atomic E-state index is 6.14. The molecule has 0 radical (unpaired) electrons. The average Bonchev–Trinajstić information content (AvgIpc) is 2.28. The highest BCUT2D eigenvalue weighted by Crippen LogP contribution is 2.29. The van der Waals surface area contributed by atoms with Crippen LogP contribution >= 0.6 is 11.6 Å². The number of nitrogens with two attached hydrogens (primary N) is 1. The summed E-state index contributed by atoms with van der Waals surface area (Å²) < 4.78 is 5.40. The molecule has 0 fully saturated rings. The number of rotatable bonds is 6. The topological polar surface area (TPSA) is 38.5 Å². The molecule has 17 heavy (non-hydrogen) atoms. The van der Waals surface area contributed by atoms with Crippen LogP contribution in [0.3, 0.4) is 0 Å². The summed E-state index contributed by atoms with van der Waals surface area (Å²) >= 11 is 6.14. The van der Waals surface area contributed by atoms with Gasteiger partial charge in [0.2, 0.25) is 0 Å². The van der Waals surface area contributed by atoms with E-state index >= 15 is 0 Å². The van der Waals surface area contributed by atoms with Crippen LogP contribution in [0.5, 0.6) is 5.75 Å². The van der Waals surface area contributed by atoms with Gasteiger partial charge in [0.25, 0.3) is 0 Å².